The third-order valence-electron chi connectivity index (χ3n) is 4.55. The predicted octanol–water partition coefficient (Wildman–Crippen LogP) is 3.35. The number of benzene rings is 1. The molecule has 0 aromatic heterocycles. The molecule has 1 N–H and O–H groups in total. The van der Waals surface area contributed by atoms with E-state index in [1.807, 2.05) is 19.2 Å². The second-order valence-corrected chi connectivity index (χ2v) is 6.77. The van der Waals surface area contributed by atoms with Gasteiger partial charge in [0, 0.05) is 36.2 Å². The van der Waals surface area contributed by atoms with Crippen LogP contribution in [0.2, 0.25) is 5.02 Å². The van der Waals surface area contributed by atoms with E-state index in [1.165, 1.54) is 12.0 Å². The minimum Gasteiger partial charge on any atom is -0.381 e. The summed E-state index contributed by atoms with van der Waals surface area (Å²) in [6.45, 7) is 6.05. The van der Waals surface area contributed by atoms with Crippen LogP contribution in [0, 0.1) is 5.41 Å². The molecule has 2 unspecified atom stereocenters. The molecule has 1 saturated heterocycles. The van der Waals surface area contributed by atoms with E-state index in [2.05, 4.69) is 36.3 Å². The molecule has 118 valence electrons. The number of hydrogen-bond donors (Lipinski definition) is 1. The van der Waals surface area contributed by atoms with E-state index in [0.29, 0.717) is 6.04 Å². The summed E-state index contributed by atoms with van der Waals surface area (Å²) in [6.07, 6.45) is 2.39. The van der Waals surface area contributed by atoms with Gasteiger partial charge in [0.1, 0.15) is 0 Å². The average molecular weight is 311 g/mol. The van der Waals surface area contributed by atoms with Crippen LogP contribution in [-0.4, -0.2) is 45.3 Å². The van der Waals surface area contributed by atoms with E-state index >= 15 is 0 Å². The summed E-state index contributed by atoms with van der Waals surface area (Å²) in [7, 11) is 4.23. The van der Waals surface area contributed by atoms with Crippen molar-refractivity contribution < 1.29 is 4.74 Å². The molecular weight excluding hydrogens is 284 g/mol. The van der Waals surface area contributed by atoms with Gasteiger partial charge in [-0.15, -0.1) is 0 Å². The maximum absolute atomic E-state index is 5.98. The summed E-state index contributed by atoms with van der Waals surface area (Å²) < 4.78 is 5.76. The zero-order valence-corrected chi connectivity index (χ0v) is 14.1. The summed E-state index contributed by atoms with van der Waals surface area (Å²) in [5.41, 5.74) is 1.53. The fourth-order valence-corrected chi connectivity index (χ4v) is 3.39. The molecule has 1 aromatic carbocycles. The Kier molecular flexibility index (Phi) is 6.06. The first-order chi connectivity index (χ1) is 10.1. The van der Waals surface area contributed by atoms with Crippen LogP contribution >= 0.6 is 11.6 Å². The van der Waals surface area contributed by atoms with Crippen LogP contribution in [0.1, 0.15) is 31.4 Å². The van der Waals surface area contributed by atoms with Crippen molar-refractivity contribution in [2.24, 2.45) is 5.41 Å². The molecule has 2 rings (SSSR count). The minimum absolute atomic E-state index is 0.225. The van der Waals surface area contributed by atoms with E-state index in [0.717, 1.165) is 37.7 Å². The number of nitrogens with zero attached hydrogens (tertiary/aromatic N) is 1. The topological polar surface area (TPSA) is 24.5 Å². The lowest BCUT2D eigenvalue weighted by Crippen LogP contribution is -2.48. The monoisotopic (exact) mass is 310 g/mol. The zero-order valence-electron chi connectivity index (χ0n) is 13.4. The summed E-state index contributed by atoms with van der Waals surface area (Å²) >= 11 is 5.98. The maximum Gasteiger partial charge on any atom is 0.0546 e. The van der Waals surface area contributed by atoms with Crippen molar-refractivity contribution in [1.82, 2.24) is 10.2 Å². The van der Waals surface area contributed by atoms with Gasteiger partial charge in [-0.1, -0.05) is 23.7 Å². The lowest BCUT2D eigenvalue weighted by Gasteiger charge is -2.41. The summed E-state index contributed by atoms with van der Waals surface area (Å²) in [4.78, 5) is 2.43. The molecule has 0 amide bonds. The van der Waals surface area contributed by atoms with Crippen LogP contribution in [0.3, 0.4) is 0 Å². The average Bonchev–Trinajstić information content (AvgIpc) is 2.48. The van der Waals surface area contributed by atoms with Gasteiger partial charge in [-0.2, -0.15) is 0 Å². The molecule has 2 atom stereocenters. The molecular formula is C17H27ClN2O. The molecule has 0 radical (unpaired) electrons. The van der Waals surface area contributed by atoms with Crippen molar-refractivity contribution in [3.63, 3.8) is 0 Å². The lowest BCUT2D eigenvalue weighted by molar-refractivity contribution is -0.0266. The first-order valence-corrected chi connectivity index (χ1v) is 8.12. The van der Waals surface area contributed by atoms with Crippen LogP contribution in [0.25, 0.3) is 0 Å². The molecule has 1 fully saturated rings. The van der Waals surface area contributed by atoms with Crippen molar-refractivity contribution in [3.8, 4) is 0 Å². The first kappa shape index (κ1) is 16.8. The highest BCUT2D eigenvalue weighted by molar-refractivity contribution is 6.30. The second kappa shape index (κ2) is 7.59. The molecule has 0 saturated carbocycles. The third-order valence-corrected chi connectivity index (χ3v) is 4.81. The van der Waals surface area contributed by atoms with Gasteiger partial charge in [0.2, 0.25) is 0 Å². The fourth-order valence-electron chi connectivity index (χ4n) is 3.27. The number of nitrogens with one attached hydrogen (secondary N) is 1. The maximum atomic E-state index is 5.98. The van der Waals surface area contributed by atoms with Gasteiger partial charge in [-0.05, 0) is 51.6 Å². The molecule has 1 heterocycles. The van der Waals surface area contributed by atoms with Crippen LogP contribution in [0.4, 0.5) is 0 Å². The van der Waals surface area contributed by atoms with Crippen LogP contribution in [0.15, 0.2) is 24.3 Å². The number of ether oxygens (including phenoxy) is 1. The Hall–Kier alpha value is -0.610. The largest absolute Gasteiger partial charge is 0.381 e. The van der Waals surface area contributed by atoms with Gasteiger partial charge in [0.05, 0.1) is 6.61 Å². The third kappa shape index (κ3) is 4.43. The van der Waals surface area contributed by atoms with Gasteiger partial charge in [0.15, 0.2) is 0 Å². The van der Waals surface area contributed by atoms with E-state index in [9.17, 15) is 0 Å². The van der Waals surface area contributed by atoms with Crippen LogP contribution in [0.5, 0.6) is 0 Å². The minimum atomic E-state index is 0.225. The Morgan fingerprint density at radius 1 is 1.38 bits per heavy atom. The Morgan fingerprint density at radius 2 is 2.10 bits per heavy atom. The molecule has 4 heteroatoms. The highest BCUT2D eigenvalue weighted by Gasteiger charge is 2.34. The smallest absolute Gasteiger partial charge is 0.0546 e. The second-order valence-electron chi connectivity index (χ2n) is 6.33. The number of halogens is 1. The Labute approximate surface area is 133 Å². The number of hydrogen-bond acceptors (Lipinski definition) is 3. The van der Waals surface area contributed by atoms with Gasteiger partial charge in [-0.25, -0.2) is 0 Å². The lowest BCUT2D eigenvalue weighted by atomic mass is 9.81. The Morgan fingerprint density at radius 3 is 2.67 bits per heavy atom. The summed E-state index contributed by atoms with van der Waals surface area (Å²) in [5.74, 6) is 0. The summed E-state index contributed by atoms with van der Waals surface area (Å²) in [6, 6.07) is 8.54. The van der Waals surface area contributed by atoms with Crippen molar-refractivity contribution >= 4 is 11.6 Å². The zero-order chi connectivity index (χ0) is 15.3. The summed E-state index contributed by atoms with van der Waals surface area (Å²) in [5, 5.41) is 4.14. The molecule has 1 aliphatic heterocycles. The SMILES string of the molecule is CNCC1(CN(C)C(C)c2ccc(Cl)cc2)CCCOC1. The van der Waals surface area contributed by atoms with Gasteiger partial charge in [0.25, 0.3) is 0 Å². The predicted molar refractivity (Wildman–Crippen MR) is 88.9 cm³/mol. The quantitative estimate of drug-likeness (QED) is 0.872. The standard InChI is InChI=1S/C17H27ClN2O/c1-14(15-5-7-16(18)8-6-15)20(3)12-17(11-19-2)9-4-10-21-13-17/h5-8,14,19H,4,9-13H2,1-3H3. The van der Waals surface area contributed by atoms with Crippen molar-refractivity contribution in [2.75, 3.05) is 40.4 Å². The first-order valence-electron chi connectivity index (χ1n) is 7.74. The fraction of sp³-hybridized carbons (Fsp3) is 0.647. The Bertz CT molecular complexity index is 423. The van der Waals surface area contributed by atoms with Crippen molar-refractivity contribution in [1.29, 1.82) is 0 Å². The molecule has 0 aliphatic carbocycles. The molecule has 0 spiro atoms. The highest BCUT2D eigenvalue weighted by atomic mass is 35.5. The normalized spacial score (nSPS) is 24.2. The molecule has 0 bridgehead atoms. The molecule has 3 nitrogen and oxygen atoms in total. The molecule has 21 heavy (non-hydrogen) atoms. The van der Waals surface area contributed by atoms with E-state index in [4.69, 9.17) is 16.3 Å². The van der Waals surface area contributed by atoms with Crippen molar-refractivity contribution in [3.05, 3.63) is 34.9 Å². The number of rotatable bonds is 6. The Balaban J connectivity index is 2.03. The van der Waals surface area contributed by atoms with E-state index in [1.54, 1.807) is 0 Å². The van der Waals surface area contributed by atoms with Crippen LogP contribution in [-0.2, 0) is 4.74 Å². The van der Waals surface area contributed by atoms with Crippen LogP contribution < -0.4 is 5.32 Å². The van der Waals surface area contributed by atoms with Gasteiger partial charge in [-0.3, -0.25) is 4.90 Å². The van der Waals surface area contributed by atoms with E-state index in [-0.39, 0.29) is 5.41 Å². The molecule has 1 aliphatic rings. The van der Waals surface area contributed by atoms with Crippen molar-refractivity contribution in [2.45, 2.75) is 25.8 Å². The van der Waals surface area contributed by atoms with E-state index < -0.39 is 0 Å². The molecule has 1 aromatic rings. The van der Waals surface area contributed by atoms with Gasteiger partial charge >= 0.3 is 0 Å². The van der Waals surface area contributed by atoms with Gasteiger partial charge < -0.3 is 10.1 Å². The highest BCUT2D eigenvalue weighted by Crippen LogP contribution is 2.31.